The predicted molar refractivity (Wildman–Crippen MR) is 98.4 cm³/mol. The fraction of sp³-hybridized carbons (Fsp3) is 0.474. The van der Waals surface area contributed by atoms with Crippen LogP contribution in [0.5, 0.6) is 0 Å². The van der Waals surface area contributed by atoms with Crippen molar-refractivity contribution in [2.24, 2.45) is 5.41 Å². The Bertz CT molecular complexity index is 693. The maximum absolute atomic E-state index is 12.0. The Balaban J connectivity index is 1.81. The van der Waals surface area contributed by atoms with E-state index in [2.05, 4.69) is 10.3 Å². The highest BCUT2D eigenvalue weighted by atomic mass is 35.5. The molecule has 1 heterocycles. The number of carbonyl (C=O) groups excluding carboxylic acids is 1. The molecule has 136 valence electrons. The number of nitrogens with zero attached hydrogens (tertiary/aromatic N) is 1. The summed E-state index contributed by atoms with van der Waals surface area (Å²) in [5.41, 5.74) is 0.751. The summed E-state index contributed by atoms with van der Waals surface area (Å²) >= 11 is 5.87. The minimum atomic E-state index is -0.384. The summed E-state index contributed by atoms with van der Waals surface area (Å²) in [5.74, 6) is 1.14. The van der Waals surface area contributed by atoms with E-state index in [0.717, 1.165) is 5.56 Å². The van der Waals surface area contributed by atoms with Gasteiger partial charge in [-0.1, -0.05) is 25.4 Å². The molecule has 0 aliphatic rings. The fourth-order valence-electron chi connectivity index (χ4n) is 2.69. The van der Waals surface area contributed by atoms with Crippen molar-refractivity contribution in [2.45, 2.75) is 46.1 Å². The molecular formula is C19H25ClN2O3. The van der Waals surface area contributed by atoms with E-state index in [1.807, 2.05) is 26.0 Å². The van der Waals surface area contributed by atoms with Gasteiger partial charge in [-0.05, 0) is 43.0 Å². The van der Waals surface area contributed by atoms with Crippen molar-refractivity contribution >= 4 is 17.5 Å². The Kier molecular flexibility index (Phi) is 6.62. The van der Waals surface area contributed by atoms with Crippen LogP contribution >= 0.6 is 11.6 Å². The number of carbonyl (C=O) groups is 1. The number of rotatable bonds is 8. The molecule has 0 saturated heterocycles. The number of benzene rings is 1. The molecule has 0 fully saturated rings. The molecular weight excluding hydrogens is 340 g/mol. The number of aromatic nitrogens is 1. The Morgan fingerprint density at radius 3 is 2.68 bits per heavy atom. The van der Waals surface area contributed by atoms with Crippen LogP contribution in [-0.4, -0.2) is 28.6 Å². The normalized spacial score (nSPS) is 12.8. The number of aliphatic hydroxyl groups excluding tert-OH is 1. The van der Waals surface area contributed by atoms with Crippen LogP contribution in [-0.2, 0) is 11.2 Å². The lowest BCUT2D eigenvalue weighted by Gasteiger charge is -2.26. The van der Waals surface area contributed by atoms with E-state index in [-0.39, 0.29) is 17.4 Å². The van der Waals surface area contributed by atoms with Gasteiger partial charge in [0, 0.05) is 30.0 Å². The summed E-state index contributed by atoms with van der Waals surface area (Å²) in [6, 6.07) is 7.32. The quantitative estimate of drug-likeness (QED) is 0.746. The first-order chi connectivity index (χ1) is 11.7. The summed E-state index contributed by atoms with van der Waals surface area (Å²) in [7, 11) is 0. The van der Waals surface area contributed by atoms with E-state index < -0.39 is 0 Å². The van der Waals surface area contributed by atoms with Crippen LogP contribution in [0.25, 0.3) is 11.3 Å². The number of aliphatic hydroxyl groups is 1. The van der Waals surface area contributed by atoms with Gasteiger partial charge in [-0.25, -0.2) is 4.98 Å². The van der Waals surface area contributed by atoms with Crippen LogP contribution in [0.3, 0.4) is 0 Å². The van der Waals surface area contributed by atoms with Gasteiger partial charge >= 0.3 is 0 Å². The van der Waals surface area contributed by atoms with Crippen molar-refractivity contribution in [2.75, 3.05) is 6.54 Å². The number of hydrogen-bond acceptors (Lipinski definition) is 4. The Morgan fingerprint density at radius 2 is 2.04 bits per heavy atom. The highest BCUT2D eigenvalue weighted by molar-refractivity contribution is 6.30. The lowest BCUT2D eigenvalue weighted by molar-refractivity contribution is -0.121. The predicted octanol–water partition coefficient (Wildman–Crippen LogP) is 3.84. The summed E-state index contributed by atoms with van der Waals surface area (Å²) in [6.45, 7) is 6.32. The molecule has 0 spiro atoms. The molecule has 5 nitrogen and oxygen atoms in total. The first kappa shape index (κ1) is 19.5. The molecule has 0 saturated carbocycles. The van der Waals surface area contributed by atoms with Crippen LogP contribution in [0.15, 0.2) is 34.9 Å². The SMILES string of the molecule is C[C@@H](O)CC(C)(C)CNC(=O)CCc1ncc(-c2ccc(Cl)cc2)o1. The second-order valence-electron chi connectivity index (χ2n) is 7.12. The zero-order valence-electron chi connectivity index (χ0n) is 14.9. The third-order valence-corrected chi connectivity index (χ3v) is 4.11. The highest BCUT2D eigenvalue weighted by Crippen LogP contribution is 2.23. The van der Waals surface area contributed by atoms with Gasteiger partial charge in [-0.2, -0.15) is 0 Å². The number of aryl methyl sites for hydroxylation is 1. The third-order valence-electron chi connectivity index (χ3n) is 3.86. The standard InChI is InChI=1S/C19H25ClN2O3/c1-13(23)10-19(2,3)12-22-17(24)8-9-18-21-11-16(25-18)14-4-6-15(20)7-5-14/h4-7,11,13,23H,8-10,12H2,1-3H3,(H,22,24)/t13-/m1/s1. The second-order valence-corrected chi connectivity index (χ2v) is 7.56. The van der Waals surface area contributed by atoms with Gasteiger partial charge in [0.25, 0.3) is 0 Å². The summed E-state index contributed by atoms with van der Waals surface area (Å²) < 4.78 is 5.69. The maximum atomic E-state index is 12.0. The lowest BCUT2D eigenvalue weighted by atomic mass is 9.87. The van der Waals surface area contributed by atoms with E-state index in [9.17, 15) is 9.90 Å². The Hall–Kier alpha value is -1.85. The second kappa shape index (κ2) is 8.50. The van der Waals surface area contributed by atoms with Crippen LogP contribution in [0.1, 0.15) is 39.5 Å². The molecule has 1 aromatic heterocycles. The van der Waals surface area contributed by atoms with Crippen LogP contribution < -0.4 is 5.32 Å². The van der Waals surface area contributed by atoms with Crippen molar-refractivity contribution in [1.82, 2.24) is 10.3 Å². The summed E-state index contributed by atoms with van der Waals surface area (Å²) in [5, 5.41) is 13.1. The van der Waals surface area contributed by atoms with E-state index in [4.69, 9.17) is 16.0 Å². The first-order valence-electron chi connectivity index (χ1n) is 8.40. The van der Waals surface area contributed by atoms with Crippen molar-refractivity contribution in [3.8, 4) is 11.3 Å². The molecule has 25 heavy (non-hydrogen) atoms. The van der Waals surface area contributed by atoms with Gasteiger partial charge in [0.15, 0.2) is 11.7 Å². The number of nitrogens with one attached hydrogen (secondary N) is 1. The third kappa shape index (κ3) is 6.52. The molecule has 0 aliphatic heterocycles. The molecule has 0 bridgehead atoms. The monoisotopic (exact) mass is 364 g/mol. The average molecular weight is 365 g/mol. The van der Waals surface area contributed by atoms with Gasteiger partial charge in [-0.15, -0.1) is 0 Å². The number of halogens is 1. The molecule has 0 radical (unpaired) electrons. The van der Waals surface area contributed by atoms with Crippen LogP contribution in [0.4, 0.5) is 0 Å². The van der Waals surface area contributed by atoms with E-state index in [1.165, 1.54) is 0 Å². The van der Waals surface area contributed by atoms with Crippen LogP contribution in [0, 0.1) is 5.41 Å². The first-order valence-corrected chi connectivity index (χ1v) is 8.78. The zero-order valence-corrected chi connectivity index (χ0v) is 15.6. The molecule has 6 heteroatoms. The molecule has 0 unspecified atom stereocenters. The van der Waals surface area contributed by atoms with Gasteiger partial charge in [-0.3, -0.25) is 4.79 Å². The average Bonchev–Trinajstić information content (AvgIpc) is 2.99. The van der Waals surface area contributed by atoms with Crippen molar-refractivity contribution in [1.29, 1.82) is 0 Å². The van der Waals surface area contributed by atoms with Crippen LogP contribution in [0.2, 0.25) is 5.02 Å². The van der Waals surface area contributed by atoms with Gasteiger partial charge in [0.05, 0.1) is 12.3 Å². The number of amides is 1. The molecule has 2 aromatic rings. The smallest absolute Gasteiger partial charge is 0.220 e. The Labute approximate surface area is 153 Å². The fourth-order valence-corrected chi connectivity index (χ4v) is 2.82. The molecule has 1 aromatic carbocycles. The minimum Gasteiger partial charge on any atom is -0.441 e. The largest absolute Gasteiger partial charge is 0.441 e. The van der Waals surface area contributed by atoms with Crippen molar-refractivity contribution < 1.29 is 14.3 Å². The topological polar surface area (TPSA) is 75.4 Å². The molecule has 1 amide bonds. The van der Waals surface area contributed by atoms with Gasteiger partial charge in [0.2, 0.25) is 5.91 Å². The van der Waals surface area contributed by atoms with Crippen molar-refractivity contribution in [3.63, 3.8) is 0 Å². The van der Waals surface area contributed by atoms with Gasteiger partial charge < -0.3 is 14.8 Å². The number of hydrogen-bond donors (Lipinski definition) is 2. The molecule has 2 N–H and O–H groups in total. The highest BCUT2D eigenvalue weighted by Gasteiger charge is 2.21. The van der Waals surface area contributed by atoms with E-state index in [1.54, 1.807) is 25.3 Å². The summed E-state index contributed by atoms with van der Waals surface area (Å²) in [6.07, 6.45) is 2.66. The minimum absolute atomic E-state index is 0.0510. The summed E-state index contributed by atoms with van der Waals surface area (Å²) in [4.78, 5) is 16.2. The molecule has 1 atom stereocenters. The Morgan fingerprint density at radius 1 is 1.36 bits per heavy atom. The molecule has 0 aliphatic carbocycles. The van der Waals surface area contributed by atoms with E-state index in [0.29, 0.717) is 42.5 Å². The van der Waals surface area contributed by atoms with Gasteiger partial charge in [0.1, 0.15) is 0 Å². The van der Waals surface area contributed by atoms with E-state index >= 15 is 0 Å². The maximum Gasteiger partial charge on any atom is 0.220 e. The number of oxazole rings is 1. The zero-order chi connectivity index (χ0) is 18.4. The molecule has 2 rings (SSSR count). The van der Waals surface area contributed by atoms with Crippen molar-refractivity contribution in [3.05, 3.63) is 41.4 Å². The lowest BCUT2D eigenvalue weighted by Crippen LogP contribution is -2.35.